The monoisotopic (exact) mass is 393 g/mol. The first-order valence-corrected chi connectivity index (χ1v) is 11.3. The molecular formula is C23H27N3OS. The number of nitrogens with one attached hydrogen (secondary N) is 1. The number of hydrogen-bond donors (Lipinski definition) is 1. The Kier molecular flexibility index (Phi) is 4.58. The van der Waals surface area contributed by atoms with Crippen molar-refractivity contribution in [2.45, 2.75) is 52.0 Å². The van der Waals surface area contributed by atoms with Crippen LogP contribution in [0.25, 0.3) is 11.3 Å². The van der Waals surface area contributed by atoms with Gasteiger partial charge in [0.05, 0.1) is 12.2 Å². The van der Waals surface area contributed by atoms with Gasteiger partial charge in [-0.05, 0) is 80.8 Å². The van der Waals surface area contributed by atoms with Crippen LogP contribution in [0, 0.1) is 23.2 Å². The fourth-order valence-corrected chi connectivity index (χ4v) is 6.95. The molecule has 2 aromatic heterocycles. The van der Waals surface area contributed by atoms with E-state index in [1.165, 1.54) is 44.1 Å². The molecule has 4 nitrogen and oxygen atoms in total. The van der Waals surface area contributed by atoms with Crippen molar-refractivity contribution in [3.8, 4) is 11.3 Å². The zero-order chi connectivity index (χ0) is 19.1. The topological polar surface area (TPSA) is 54.9 Å². The summed E-state index contributed by atoms with van der Waals surface area (Å²) in [6.45, 7) is 2.68. The average molecular weight is 394 g/mol. The van der Waals surface area contributed by atoms with E-state index in [2.05, 4.69) is 22.2 Å². The van der Waals surface area contributed by atoms with Crippen LogP contribution < -0.4 is 5.32 Å². The number of carbonyl (C=O) groups is 1. The summed E-state index contributed by atoms with van der Waals surface area (Å²) >= 11 is 1.59. The van der Waals surface area contributed by atoms with E-state index < -0.39 is 0 Å². The molecule has 0 unspecified atom stereocenters. The Morgan fingerprint density at radius 3 is 2.46 bits per heavy atom. The molecule has 146 valence electrons. The van der Waals surface area contributed by atoms with Crippen molar-refractivity contribution in [2.75, 3.05) is 0 Å². The molecule has 0 saturated heterocycles. The fraction of sp³-hybridized carbons (Fsp3) is 0.522. The van der Waals surface area contributed by atoms with Gasteiger partial charge in [-0.15, -0.1) is 11.3 Å². The van der Waals surface area contributed by atoms with Crippen molar-refractivity contribution >= 4 is 17.2 Å². The van der Waals surface area contributed by atoms with Gasteiger partial charge >= 0.3 is 0 Å². The molecule has 0 aliphatic heterocycles. The molecule has 0 spiro atoms. The highest BCUT2D eigenvalue weighted by molar-refractivity contribution is 7.09. The van der Waals surface area contributed by atoms with Gasteiger partial charge in [-0.25, -0.2) is 4.98 Å². The van der Waals surface area contributed by atoms with E-state index in [1.807, 2.05) is 23.6 Å². The Bertz CT molecular complexity index is 866. The van der Waals surface area contributed by atoms with E-state index >= 15 is 0 Å². The lowest BCUT2D eigenvalue weighted by molar-refractivity contribution is -0.116. The molecule has 4 aliphatic rings. The first kappa shape index (κ1) is 18.0. The molecular weight excluding hydrogens is 366 g/mol. The SMILES string of the molecule is C/C(=C/C(=O)NCc1nc(-c2ccncc2)cs1)C12CC3CC(CC(C3)C1)C2. The van der Waals surface area contributed by atoms with Gasteiger partial charge < -0.3 is 5.32 Å². The Morgan fingerprint density at radius 1 is 1.18 bits per heavy atom. The van der Waals surface area contributed by atoms with Crippen LogP contribution in [0.5, 0.6) is 0 Å². The third-order valence-electron chi connectivity index (χ3n) is 7.16. The summed E-state index contributed by atoms with van der Waals surface area (Å²) < 4.78 is 0. The normalized spacial score (nSPS) is 31.2. The van der Waals surface area contributed by atoms with Crippen molar-refractivity contribution in [1.82, 2.24) is 15.3 Å². The molecule has 1 N–H and O–H groups in total. The maximum absolute atomic E-state index is 12.6. The zero-order valence-electron chi connectivity index (χ0n) is 16.4. The molecule has 5 heteroatoms. The van der Waals surface area contributed by atoms with Crippen LogP contribution in [0.4, 0.5) is 0 Å². The molecule has 2 aromatic rings. The number of rotatable bonds is 5. The lowest BCUT2D eigenvalue weighted by Gasteiger charge is -2.57. The second kappa shape index (κ2) is 7.11. The number of allylic oxidation sites excluding steroid dienone is 1. The molecule has 2 heterocycles. The number of aromatic nitrogens is 2. The summed E-state index contributed by atoms with van der Waals surface area (Å²) in [5.74, 6) is 2.73. The van der Waals surface area contributed by atoms with Crippen LogP contribution >= 0.6 is 11.3 Å². The predicted octanol–water partition coefficient (Wildman–Crippen LogP) is 4.98. The van der Waals surface area contributed by atoms with Crippen molar-refractivity contribution in [1.29, 1.82) is 0 Å². The van der Waals surface area contributed by atoms with E-state index in [4.69, 9.17) is 0 Å². The minimum atomic E-state index is 0.0221. The van der Waals surface area contributed by atoms with Gasteiger partial charge in [0.15, 0.2) is 0 Å². The van der Waals surface area contributed by atoms with E-state index in [1.54, 1.807) is 23.7 Å². The first-order valence-electron chi connectivity index (χ1n) is 10.4. The zero-order valence-corrected chi connectivity index (χ0v) is 17.2. The highest BCUT2D eigenvalue weighted by atomic mass is 32.1. The molecule has 4 bridgehead atoms. The average Bonchev–Trinajstić information content (AvgIpc) is 3.15. The van der Waals surface area contributed by atoms with Crippen LogP contribution in [-0.4, -0.2) is 15.9 Å². The van der Waals surface area contributed by atoms with Gasteiger partial charge in [0.2, 0.25) is 5.91 Å². The Morgan fingerprint density at radius 2 is 1.82 bits per heavy atom. The summed E-state index contributed by atoms with van der Waals surface area (Å²) in [4.78, 5) is 21.3. The van der Waals surface area contributed by atoms with E-state index in [-0.39, 0.29) is 5.91 Å². The molecule has 0 radical (unpaired) electrons. The van der Waals surface area contributed by atoms with Gasteiger partial charge in [0.1, 0.15) is 5.01 Å². The van der Waals surface area contributed by atoms with Gasteiger partial charge in [-0.3, -0.25) is 9.78 Å². The summed E-state index contributed by atoms with van der Waals surface area (Å²) in [5.41, 5.74) is 3.61. The van der Waals surface area contributed by atoms with Crippen LogP contribution in [0.1, 0.15) is 50.5 Å². The van der Waals surface area contributed by atoms with Crippen LogP contribution in [-0.2, 0) is 11.3 Å². The molecule has 6 rings (SSSR count). The highest BCUT2D eigenvalue weighted by Crippen LogP contribution is 2.62. The van der Waals surface area contributed by atoms with Crippen molar-refractivity contribution in [3.05, 3.63) is 46.6 Å². The number of nitrogens with zero attached hydrogens (tertiary/aromatic N) is 2. The number of hydrogen-bond acceptors (Lipinski definition) is 4. The Labute approximate surface area is 170 Å². The van der Waals surface area contributed by atoms with Crippen LogP contribution in [0.2, 0.25) is 0 Å². The van der Waals surface area contributed by atoms with Crippen molar-refractivity contribution in [3.63, 3.8) is 0 Å². The minimum Gasteiger partial charge on any atom is -0.346 e. The number of thiazole rings is 1. The number of pyridine rings is 1. The quantitative estimate of drug-likeness (QED) is 0.729. The molecule has 28 heavy (non-hydrogen) atoms. The van der Waals surface area contributed by atoms with Gasteiger partial charge in [0, 0.05) is 29.4 Å². The third kappa shape index (κ3) is 3.41. The highest BCUT2D eigenvalue weighted by Gasteiger charge is 2.51. The number of carbonyl (C=O) groups excluding carboxylic acids is 1. The molecule has 0 atom stereocenters. The maximum atomic E-state index is 12.6. The van der Waals surface area contributed by atoms with Gasteiger partial charge in [-0.1, -0.05) is 5.57 Å². The van der Waals surface area contributed by atoms with Crippen molar-refractivity contribution in [2.24, 2.45) is 23.2 Å². The number of amides is 1. The molecule has 1 amide bonds. The van der Waals surface area contributed by atoms with E-state index in [0.29, 0.717) is 12.0 Å². The van der Waals surface area contributed by atoms with Gasteiger partial charge in [0.25, 0.3) is 0 Å². The van der Waals surface area contributed by atoms with Crippen LogP contribution in [0.3, 0.4) is 0 Å². The molecule has 4 fully saturated rings. The lowest BCUT2D eigenvalue weighted by atomic mass is 9.48. The van der Waals surface area contributed by atoms with Crippen LogP contribution in [0.15, 0.2) is 41.6 Å². The van der Waals surface area contributed by atoms with Crippen molar-refractivity contribution < 1.29 is 4.79 Å². The largest absolute Gasteiger partial charge is 0.346 e. The second-order valence-electron chi connectivity index (χ2n) is 9.11. The second-order valence-corrected chi connectivity index (χ2v) is 10.0. The standard InChI is InChI=1S/C23H27N3OS/c1-15(23-10-16-7-17(11-23)9-18(8-16)12-23)6-21(27)25-13-22-26-20(14-28-22)19-2-4-24-5-3-19/h2-6,14,16-18H,7-13H2,1H3,(H,25,27)/b15-6-. The maximum Gasteiger partial charge on any atom is 0.244 e. The summed E-state index contributed by atoms with van der Waals surface area (Å²) in [6, 6.07) is 3.91. The predicted molar refractivity (Wildman–Crippen MR) is 112 cm³/mol. The molecule has 4 saturated carbocycles. The smallest absolute Gasteiger partial charge is 0.244 e. The lowest BCUT2D eigenvalue weighted by Crippen LogP contribution is -2.46. The third-order valence-corrected chi connectivity index (χ3v) is 8.01. The minimum absolute atomic E-state index is 0.0221. The first-order chi connectivity index (χ1) is 13.6. The fourth-order valence-electron chi connectivity index (χ4n) is 6.20. The summed E-state index contributed by atoms with van der Waals surface area (Å²) in [6.07, 6.45) is 13.6. The summed E-state index contributed by atoms with van der Waals surface area (Å²) in [5, 5.41) is 6.01. The Hall–Kier alpha value is -2.01. The summed E-state index contributed by atoms with van der Waals surface area (Å²) in [7, 11) is 0. The molecule has 4 aliphatic carbocycles. The van der Waals surface area contributed by atoms with E-state index in [9.17, 15) is 4.79 Å². The molecule has 0 aromatic carbocycles. The Balaban J connectivity index is 1.22. The van der Waals surface area contributed by atoms with Gasteiger partial charge in [-0.2, -0.15) is 0 Å². The van der Waals surface area contributed by atoms with E-state index in [0.717, 1.165) is 34.0 Å².